The predicted octanol–water partition coefficient (Wildman–Crippen LogP) is 3.36. The summed E-state index contributed by atoms with van der Waals surface area (Å²) < 4.78 is 45.8. The van der Waals surface area contributed by atoms with Crippen LogP contribution in [0, 0.1) is 0 Å². The van der Waals surface area contributed by atoms with E-state index in [4.69, 9.17) is 14.0 Å². The number of aromatic nitrogens is 1. The maximum absolute atomic E-state index is 12.8. The minimum absolute atomic E-state index is 0.000901. The van der Waals surface area contributed by atoms with Gasteiger partial charge < -0.3 is 23.6 Å². The van der Waals surface area contributed by atoms with Gasteiger partial charge in [-0.25, -0.2) is 0 Å². The number of nitrogens with zero attached hydrogens (tertiary/aromatic N) is 2. The van der Waals surface area contributed by atoms with Gasteiger partial charge in [-0.2, -0.15) is 8.78 Å². The van der Waals surface area contributed by atoms with E-state index in [0.29, 0.717) is 28.3 Å². The van der Waals surface area contributed by atoms with Crippen molar-refractivity contribution >= 4 is 16.9 Å². The Morgan fingerprint density at radius 3 is 2.79 bits per heavy atom. The summed E-state index contributed by atoms with van der Waals surface area (Å²) in [6.45, 7) is -2.95. The van der Waals surface area contributed by atoms with Crippen molar-refractivity contribution in [1.29, 1.82) is 0 Å². The highest BCUT2D eigenvalue weighted by atomic mass is 19.3. The van der Waals surface area contributed by atoms with Crippen LogP contribution in [-0.4, -0.2) is 36.4 Å². The number of amides is 1. The van der Waals surface area contributed by atoms with Gasteiger partial charge in [0.1, 0.15) is 11.4 Å². The molecule has 2 aromatic carbocycles. The maximum atomic E-state index is 12.8. The van der Waals surface area contributed by atoms with Crippen LogP contribution in [0.15, 0.2) is 40.9 Å². The van der Waals surface area contributed by atoms with Gasteiger partial charge >= 0.3 is 6.61 Å². The van der Waals surface area contributed by atoms with Crippen LogP contribution in [0.3, 0.4) is 0 Å². The van der Waals surface area contributed by atoms with Gasteiger partial charge in [0.25, 0.3) is 0 Å². The van der Waals surface area contributed by atoms with E-state index in [0.717, 1.165) is 5.39 Å². The number of likely N-dealkylation sites (N-methyl/N-ethyl adjacent to an activating group) is 1. The van der Waals surface area contributed by atoms with Crippen LogP contribution in [-0.2, 0) is 17.8 Å². The van der Waals surface area contributed by atoms with E-state index >= 15 is 0 Å². The Morgan fingerprint density at radius 1 is 1.25 bits per heavy atom. The van der Waals surface area contributed by atoms with Crippen molar-refractivity contribution in [2.75, 3.05) is 13.8 Å². The molecule has 1 aromatic heterocycles. The van der Waals surface area contributed by atoms with E-state index in [1.807, 2.05) is 18.2 Å². The van der Waals surface area contributed by atoms with Crippen LogP contribution in [0.5, 0.6) is 17.2 Å². The van der Waals surface area contributed by atoms with E-state index in [-0.39, 0.29) is 31.4 Å². The third-order valence-corrected chi connectivity index (χ3v) is 4.38. The molecule has 0 radical (unpaired) electrons. The normalized spacial score (nSPS) is 12.6. The fourth-order valence-corrected chi connectivity index (χ4v) is 2.98. The first-order valence-electron chi connectivity index (χ1n) is 8.46. The molecule has 0 saturated carbocycles. The molecule has 0 spiro atoms. The number of ether oxygens (including phenoxy) is 3. The Kier molecular flexibility index (Phi) is 4.72. The fourth-order valence-electron chi connectivity index (χ4n) is 2.98. The monoisotopic (exact) mass is 390 g/mol. The summed E-state index contributed by atoms with van der Waals surface area (Å²) in [5, 5.41) is 4.70. The summed E-state index contributed by atoms with van der Waals surface area (Å²) in [5.41, 5.74) is 1.49. The summed E-state index contributed by atoms with van der Waals surface area (Å²) >= 11 is 0. The van der Waals surface area contributed by atoms with E-state index in [2.05, 4.69) is 9.89 Å². The van der Waals surface area contributed by atoms with Crippen LogP contribution >= 0.6 is 0 Å². The molecule has 1 aliphatic rings. The lowest BCUT2D eigenvalue weighted by Gasteiger charge is -2.19. The molecular formula is C19H16F2N2O5. The van der Waals surface area contributed by atoms with Crippen LogP contribution in [0.1, 0.15) is 11.3 Å². The predicted molar refractivity (Wildman–Crippen MR) is 93.4 cm³/mol. The zero-order valence-electron chi connectivity index (χ0n) is 14.9. The first kappa shape index (κ1) is 18.0. The van der Waals surface area contributed by atoms with Crippen molar-refractivity contribution < 1.29 is 32.3 Å². The summed E-state index contributed by atoms with van der Waals surface area (Å²) in [6, 6.07) is 10.1. The quantitative estimate of drug-likeness (QED) is 0.643. The molecule has 0 atom stereocenters. The molecule has 0 fully saturated rings. The van der Waals surface area contributed by atoms with Crippen LogP contribution in [0.2, 0.25) is 0 Å². The van der Waals surface area contributed by atoms with Crippen molar-refractivity contribution in [3.8, 4) is 17.2 Å². The second-order valence-electron chi connectivity index (χ2n) is 6.24. The van der Waals surface area contributed by atoms with Gasteiger partial charge in [0.2, 0.25) is 12.7 Å². The van der Waals surface area contributed by atoms with Gasteiger partial charge in [-0.1, -0.05) is 17.3 Å². The molecule has 3 aromatic rings. The minimum atomic E-state index is -3.00. The summed E-state index contributed by atoms with van der Waals surface area (Å²) in [6.07, 6.45) is 0.0170. The SMILES string of the molecule is CN(Cc1cc2c(cc1OC(F)F)OCO2)C(=O)Cc1noc2ccccc12. The first-order chi connectivity index (χ1) is 13.5. The highest BCUT2D eigenvalue weighted by Crippen LogP contribution is 2.39. The lowest BCUT2D eigenvalue weighted by atomic mass is 10.1. The lowest BCUT2D eigenvalue weighted by molar-refractivity contribution is -0.129. The zero-order chi connectivity index (χ0) is 19.7. The Balaban J connectivity index is 1.52. The number of alkyl halides is 2. The molecule has 1 amide bonds. The summed E-state index contributed by atoms with van der Waals surface area (Å²) in [4.78, 5) is 14.0. The Morgan fingerprint density at radius 2 is 2.00 bits per heavy atom. The summed E-state index contributed by atoms with van der Waals surface area (Å²) in [7, 11) is 1.57. The van der Waals surface area contributed by atoms with Crippen LogP contribution < -0.4 is 14.2 Å². The number of halogens is 2. The van der Waals surface area contributed by atoms with Gasteiger partial charge in [-0.05, 0) is 18.2 Å². The Labute approximate surface area is 158 Å². The molecule has 1 aliphatic heterocycles. The highest BCUT2D eigenvalue weighted by Gasteiger charge is 2.22. The number of para-hydroxylation sites is 1. The molecule has 2 heterocycles. The molecular weight excluding hydrogens is 374 g/mol. The largest absolute Gasteiger partial charge is 0.454 e. The molecule has 0 N–H and O–H groups in total. The molecule has 0 unspecified atom stereocenters. The van der Waals surface area contributed by atoms with E-state index < -0.39 is 6.61 Å². The molecule has 28 heavy (non-hydrogen) atoms. The second-order valence-corrected chi connectivity index (χ2v) is 6.24. The maximum Gasteiger partial charge on any atom is 0.387 e. The number of hydrogen-bond acceptors (Lipinski definition) is 6. The third kappa shape index (κ3) is 3.55. The Hall–Kier alpha value is -3.36. The number of benzene rings is 2. The standard InChI is InChI=1S/C19H16F2N2O5/c1-23(18(24)7-13-12-4-2-3-5-14(12)28-22-13)9-11-6-16-17(26-10-25-16)8-15(11)27-19(20)21/h2-6,8,19H,7,9-10H2,1H3. The van der Waals surface area contributed by atoms with Gasteiger partial charge in [0.05, 0.1) is 6.42 Å². The van der Waals surface area contributed by atoms with Gasteiger partial charge in [-0.3, -0.25) is 4.79 Å². The first-order valence-corrected chi connectivity index (χ1v) is 8.46. The van der Waals surface area contributed by atoms with E-state index in [1.165, 1.54) is 17.0 Å². The van der Waals surface area contributed by atoms with Crippen molar-refractivity contribution in [3.63, 3.8) is 0 Å². The van der Waals surface area contributed by atoms with E-state index in [1.54, 1.807) is 13.1 Å². The van der Waals surface area contributed by atoms with Gasteiger partial charge in [0.15, 0.2) is 17.1 Å². The number of rotatable bonds is 6. The molecule has 146 valence electrons. The van der Waals surface area contributed by atoms with Crippen molar-refractivity contribution in [3.05, 3.63) is 47.7 Å². The van der Waals surface area contributed by atoms with Crippen molar-refractivity contribution in [2.24, 2.45) is 0 Å². The molecule has 9 heteroatoms. The fraction of sp³-hybridized carbons (Fsp3) is 0.263. The van der Waals surface area contributed by atoms with Crippen molar-refractivity contribution in [2.45, 2.75) is 19.6 Å². The molecule has 0 bridgehead atoms. The average molecular weight is 390 g/mol. The Bertz CT molecular complexity index is 1020. The minimum Gasteiger partial charge on any atom is -0.454 e. The van der Waals surface area contributed by atoms with Gasteiger partial charge in [-0.15, -0.1) is 0 Å². The zero-order valence-corrected chi connectivity index (χ0v) is 14.9. The molecule has 0 aliphatic carbocycles. The summed E-state index contributed by atoms with van der Waals surface area (Å²) in [5.74, 6) is 0.424. The number of fused-ring (bicyclic) bond motifs is 2. The van der Waals surface area contributed by atoms with Crippen molar-refractivity contribution in [1.82, 2.24) is 10.1 Å². The lowest BCUT2D eigenvalue weighted by Crippen LogP contribution is -2.28. The molecule has 0 saturated heterocycles. The number of hydrogen-bond donors (Lipinski definition) is 0. The second kappa shape index (κ2) is 7.34. The van der Waals surface area contributed by atoms with E-state index in [9.17, 15) is 13.6 Å². The third-order valence-electron chi connectivity index (χ3n) is 4.38. The number of carbonyl (C=O) groups is 1. The average Bonchev–Trinajstić information content (AvgIpc) is 3.28. The van der Waals surface area contributed by atoms with Crippen LogP contribution in [0.4, 0.5) is 8.78 Å². The van der Waals surface area contributed by atoms with Gasteiger partial charge in [0, 0.05) is 30.6 Å². The molecule has 7 nitrogen and oxygen atoms in total. The highest BCUT2D eigenvalue weighted by molar-refractivity contribution is 5.86. The smallest absolute Gasteiger partial charge is 0.387 e. The van der Waals surface area contributed by atoms with Crippen LogP contribution in [0.25, 0.3) is 11.0 Å². The molecule has 4 rings (SSSR count). The number of carbonyl (C=O) groups excluding carboxylic acids is 1. The topological polar surface area (TPSA) is 74.0 Å².